The molecule has 0 bridgehead atoms. The van der Waals surface area contributed by atoms with Gasteiger partial charge in [0, 0.05) is 26.7 Å². The van der Waals surface area contributed by atoms with Crippen molar-refractivity contribution in [2.24, 2.45) is 10.9 Å². The maximum absolute atomic E-state index is 5.10. The van der Waals surface area contributed by atoms with Crippen LogP contribution in [0, 0.1) is 5.92 Å². The molecule has 1 aromatic carbocycles. The lowest BCUT2D eigenvalue weighted by Gasteiger charge is -2.20. The van der Waals surface area contributed by atoms with E-state index in [1.807, 2.05) is 0 Å². The predicted octanol–water partition coefficient (Wildman–Crippen LogP) is 2.54. The van der Waals surface area contributed by atoms with Gasteiger partial charge in [-0.2, -0.15) is 0 Å². The molecule has 0 amide bonds. The summed E-state index contributed by atoms with van der Waals surface area (Å²) >= 11 is 0. The highest BCUT2D eigenvalue weighted by atomic mass is 16.5. The highest BCUT2D eigenvalue weighted by molar-refractivity contribution is 5.79. The Bertz CT molecular complexity index is 412. The van der Waals surface area contributed by atoms with E-state index in [9.17, 15) is 0 Å². The summed E-state index contributed by atoms with van der Waals surface area (Å²) in [5.74, 6) is 1.41. The fraction of sp³-hybridized carbons (Fsp3) is 0.562. The van der Waals surface area contributed by atoms with Crippen LogP contribution in [0.1, 0.15) is 31.9 Å². The molecule has 112 valence electrons. The number of hydrogen-bond donors (Lipinski definition) is 2. The van der Waals surface area contributed by atoms with Gasteiger partial charge in [-0.3, -0.25) is 4.99 Å². The zero-order valence-corrected chi connectivity index (χ0v) is 13.2. The molecule has 0 heterocycles. The standard InChI is InChI=1S/C16H27N3O/c1-12(2)13(3)19-16(17-4)18-10-14-6-8-15(9-7-14)11-20-5/h6-9,12-13H,10-11H2,1-5H3,(H2,17,18,19). The number of benzene rings is 1. The fourth-order valence-corrected chi connectivity index (χ4v) is 1.68. The van der Waals surface area contributed by atoms with Crippen molar-refractivity contribution >= 4 is 5.96 Å². The molecule has 0 aromatic heterocycles. The molecule has 1 rings (SSSR count). The van der Waals surface area contributed by atoms with Crippen molar-refractivity contribution in [1.82, 2.24) is 10.6 Å². The molecular weight excluding hydrogens is 250 g/mol. The van der Waals surface area contributed by atoms with Crippen molar-refractivity contribution in [3.63, 3.8) is 0 Å². The maximum atomic E-state index is 5.10. The number of ether oxygens (including phenoxy) is 1. The molecule has 0 aliphatic carbocycles. The van der Waals surface area contributed by atoms with Gasteiger partial charge in [-0.1, -0.05) is 38.1 Å². The molecule has 0 saturated carbocycles. The normalized spacial score (nSPS) is 13.4. The van der Waals surface area contributed by atoms with E-state index in [1.165, 1.54) is 11.1 Å². The summed E-state index contributed by atoms with van der Waals surface area (Å²) in [7, 11) is 3.51. The highest BCUT2D eigenvalue weighted by Crippen LogP contribution is 2.05. The minimum Gasteiger partial charge on any atom is -0.380 e. The Hall–Kier alpha value is -1.55. The first-order valence-corrected chi connectivity index (χ1v) is 7.10. The third-order valence-electron chi connectivity index (χ3n) is 3.38. The van der Waals surface area contributed by atoms with Crippen LogP contribution in [0.2, 0.25) is 0 Å². The number of nitrogens with zero attached hydrogens (tertiary/aromatic N) is 1. The second kappa shape index (κ2) is 8.59. The van der Waals surface area contributed by atoms with Crippen LogP contribution in [0.3, 0.4) is 0 Å². The second-order valence-electron chi connectivity index (χ2n) is 5.35. The van der Waals surface area contributed by atoms with Gasteiger partial charge in [0.15, 0.2) is 5.96 Å². The second-order valence-corrected chi connectivity index (χ2v) is 5.35. The van der Waals surface area contributed by atoms with Crippen molar-refractivity contribution < 1.29 is 4.74 Å². The molecule has 4 heteroatoms. The lowest BCUT2D eigenvalue weighted by molar-refractivity contribution is 0.185. The van der Waals surface area contributed by atoms with Crippen LogP contribution in [0.4, 0.5) is 0 Å². The van der Waals surface area contributed by atoms with Crippen LogP contribution >= 0.6 is 0 Å². The van der Waals surface area contributed by atoms with E-state index >= 15 is 0 Å². The van der Waals surface area contributed by atoms with E-state index in [1.54, 1.807) is 14.2 Å². The Kier molecular flexibility index (Phi) is 7.09. The van der Waals surface area contributed by atoms with E-state index < -0.39 is 0 Å². The first-order chi connectivity index (χ1) is 9.56. The van der Waals surface area contributed by atoms with Gasteiger partial charge in [-0.25, -0.2) is 0 Å². The molecule has 2 N–H and O–H groups in total. The molecule has 0 saturated heterocycles. The molecule has 4 nitrogen and oxygen atoms in total. The Morgan fingerprint density at radius 3 is 2.25 bits per heavy atom. The molecule has 0 spiro atoms. The summed E-state index contributed by atoms with van der Waals surface area (Å²) in [4.78, 5) is 4.25. The number of rotatable bonds is 6. The summed E-state index contributed by atoms with van der Waals surface area (Å²) in [6, 6.07) is 8.80. The lowest BCUT2D eigenvalue weighted by Crippen LogP contribution is -2.43. The lowest BCUT2D eigenvalue weighted by atomic mass is 10.1. The van der Waals surface area contributed by atoms with Crippen LogP contribution in [0.25, 0.3) is 0 Å². The first kappa shape index (κ1) is 16.5. The van der Waals surface area contributed by atoms with Gasteiger partial charge >= 0.3 is 0 Å². The summed E-state index contributed by atoms with van der Waals surface area (Å²) in [6.45, 7) is 7.97. The van der Waals surface area contributed by atoms with Crippen LogP contribution < -0.4 is 10.6 Å². The Morgan fingerprint density at radius 2 is 1.75 bits per heavy atom. The smallest absolute Gasteiger partial charge is 0.191 e. The first-order valence-electron chi connectivity index (χ1n) is 7.10. The van der Waals surface area contributed by atoms with Crippen LogP contribution in [0.15, 0.2) is 29.3 Å². The number of hydrogen-bond acceptors (Lipinski definition) is 2. The molecule has 1 aromatic rings. The number of methoxy groups -OCH3 is 1. The van der Waals surface area contributed by atoms with Gasteiger partial charge in [-0.15, -0.1) is 0 Å². The molecule has 20 heavy (non-hydrogen) atoms. The van der Waals surface area contributed by atoms with E-state index in [0.29, 0.717) is 18.6 Å². The SMILES string of the molecule is CN=C(NCc1ccc(COC)cc1)NC(C)C(C)C. The molecule has 0 fully saturated rings. The minimum absolute atomic E-state index is 0.394. The van der Waals surface area contributed by atoms with E-state index in [2.05, 4.69) is 60.7 Å². The monoisotopic (exact) mass is 277 g/mol. The Morgan fingerprint density at radius 1 is 1.15 bits per heavy atom. The average Bonchev–Trinajstić information content (AvgIpc) is 2.44. The van der Waals surface area contributed by atoms with Gasteiger partial charge in [0.2, 0.25) is 0 Å². The predicted molar refractivity (Wildman–Crippen MR) is 84.8 cm³/mol. The average molecular weight is 277 g/mol. The van der Waals surface area contributed by atoms with Crippen LogP contribution in [-0.4, -0.2) is 26.2 Å². The van der Waals surface area contributed by atoms with E-state index in [0.717, 1.165) is 12.5 Å². The minimum atomic E-state index is 0.394. The number of aliphatic imine (C=N–C) groups is 1. The van der Waals surface area contributed by atoms with Crippen LogP contribution in [-0.2, 0) is 17.9 Å². The van der Waals surface area contributed by atoms with Gasteiger partial charge in [-0.05, 0) is 24.0 Å². The summed E-state index contributed by atoms with van der Waals surface area (Å²) in [5, 5.41) is 6.72. The molecule has 1 unspecified atom stereocenters. The molecular formula is C16H27N3O. The van der Waals surface area contributed by atoms with Crippen molar-refractivity contribution in [1.29, 1.82) is 0 Å². The van der Waals surface area contributed by atoms with Crippen molar-refractivity contribution in [3.8, 4) is 0 Å². The zero-order chi connectivity index (χ0) is 15.0. The molecule has 0 aliphatic rings. The summed E-state index contributed by atoms with van der Waals surface area (Å²) < 4.78 is 5.10. The Labute approximate surface area is 122 Å². The fourth-order valence-electron chi connectivity index (χ4n) is 1.68. The van der Waals surface area contributed by atoms with Crippen molar-refractivity contribution in [3.05, 3.63) is 35.4 Å². The molecule has 0 aliphatic heterocycles. The summed E-state index contributed by atoms with van der Waals surface area (Å²) in [6.07, 6.45) is 0. The number of nitrogens with one attached hydrogen (secondary N) is 2. The quantitative estimate of drug-likeness (QED) is 0.620. The Balaban J connectivity index is 2.48. The summed E-state index contributed by atoms with van der Waals surface area (Å²) in [5.41, 5.74) is 2.41. The van der Waals surface area contributed by atoms with Gasteiger partial charge in [0.25, 0.3) is 0 Å². The largest absolute Gasteiger partial charge is 0.380 e. The van der Waals surface area contributed by atoms with Crippen LogP contribution in [0.5, 0.6) is 0 Å². The van der Waals surface area contributed by atoms with E-state index in [4.69, 9.17) is 4.74 Å². The van der Waals surface area contributed by atoms with Gasteiger partial charge < -0.3 is 15.4 Å². The van der Waals surface area contributed by atoms with Crippen molar-refractivity contribution in [2.45, 2.75) is 40.0 Å². The number of guanidine groups is 1. The van der Waals surface area contributed by atoms with Gasteiger partial charge in [0.05, 0.1) is 6.61 Å². The molecule has 1 atom stereocenters. The highest BCUT2D eigenvalue weighted by Gasteiger charge is 2.08. The molecule has 0 radical (unpaired) electrons. The topological polar surface area (TPSA) is 45.7 Å². The maximum Gasteiger partial charge on any atom is 0.191 e. The third kappa shape index (κ3) is 5.61. The van der Waals surface area contributed by atoms with Crippen molar-refractivity contribution in [2.75, 3.05) is 14.2 Å². The third-order valence-corrected chi connectivity index (χ3v) is 3.38. The van der Waals surface area contributed by atoms with Gasteiger partial charge in [0.1, 0.15) is 0 Å². The van der Waals surface area contributed by atoms with E-state index in [-0.39, 0.29) is 0 Å². The zero-order valence-electron chi connectivity index (χ0n) is 13.2.